The van der Waals surface area contributed by atoms with Crippen molar-refractivity contribution in [2.45, 2.75) is 13.1 Å². The lowest BCUT2D eigenvalue weighted by atomic mass is 10.1. The standard InChI is InChI=1S/C16H15F3N2O3S/c1-10-3-4-11(9-14(10)21-25(2,23)24)15(22)20-13-7-5-12(6-8-13)16(17,18)19/h3-9,21H,1-2H3,(H,20,22). The fraction of sp³-hybridized carbons (Fsp3) is 0.188. The van der Waals surface area contributed by atoms with Crippen molar-refractivity contribution >= 4 is 27.3 Å². The van der Waals surface area contributed by atoms with Crippen LogP contribution in [0.1, 0.15) is 21.5 Å². The van der Waals surface area contributed by atoms with Crippen molar-refractivity contribution in [3.05, 3.63) is 59.2 Å². The van der Waals surface area contributed by atoms with Crippen LogP contribution in [0.5, 0.6) is 0 Å². The molecule has 0 heterocycles. The third-order valence-corrected chi connectivity index (χ3v) is 3.86. The van der Waals surface area contributed by atoms with E-state index in [-0.39, 0.29) is 16.9 Å². The van der Waals surface area contributed by atoms with Gasteiger partial charge < -0.3 is 5.32 Å². The molecule has 0 radical (unpaired) electrons. The van der Waals surface area contributed by atoms with E-state index < -0.39 is 27.7 Å². The largest absolute Gasteiger partial charge is 0.416 e. The Hall–Kier alpha value is -2.55. The Labute approximate surface area is 142 Å². The van der Waals surface area contributed by atoms with E-state index in [4.69, 9.17) is 0 Å². The molecule has 0 saturated carbocycles. The minimum atomic E-state index is -4.45. The molecule has 2 N–H and O–H groups in total. The van der Waals surface area contributed by atoms with Crippen molar-refractivity contribution in [1.82, 2.24) is 0 Å². The molecule has 25 heavy (non-hydrogen) atoms. The SMILES string of the molecule is Cc1ccc(C(=O)Nc2ccc(C(F)(F)F)cc2)cc1NS(C)(=O)=O. The summed E-state index contributed by atoms with van der Waals surface area (Å²) in [4.78, 5) is 12.2. The van der Waals surface area contributed by atoms with Crippen molar-refractivity contribution in [1.29, 1.82) is 0 Å². The fourth-order valence-electron chi connectivity index (χ4n) is 2.02. The van der Waals surface area contributed by atoms with Crippen LogP contribution in [0.4, 0.5) is 24.5 Å². The van der Waals surface area contributed by atoms with Gasteiger partial charge in [-0.15, -0.1) is 0 Å². The van der Waals surface area contributed by atoms with E-state index in [0.29, 0.717) is 5.56 Å². The molecular formula is C16H15F3N2O3S. The van der Waals surface area contributed by atoms with Crippen molar-refractivity contribution in [2.75, 3.05) is 16.3 Å². The first-order valence-corrected chi connectivity index (χ1v) is 8.92. The normalized spacial score (nSPS) is 11.9. The lowest BCUT2D eigenvalue weighted by Crippen LogP contribution is -2.15. The number of anilines is 2. The average Bonchev–Trinajstić information content (AvgIpc) is 2.47. The summed E-state index contributed by atoms with van der Waals surface area (Å²) < 4.78 is 62.5. The molecule has 0 spiro atoms. The number of rotatable bonds is 4. The van der Waals surface area contributed by atoms with Crippen LogP contribution in [0.15, 0.2) is 42.5 Å². The Morgan fingerprint density at radius 2 is 1.64 bits per heavy atom. The predicted octanol–water partition coefficient (Wildman–Crippen LogP) is 3.64. The second-order valence-corrected chi connectivity index (χ2v) is 7.18. The van der Waals surface area contributed by atoms with Crippen LogP contribution in [-0.4, -0.2) is 20.6 Å². The van der Waals surface area contributed by atoms with Crippen LogP contribution < -0.4 is 10.0 Å². The number of carbonyl (C=O) groups excluding carboxylic acids is 1. The van der Waals surface area contributed by atoms with E-state index in [1.807, 2.05) is 0 Å². The van der Waals surface area contributed by atoms with E-state index in [0.717, 1.165) is 30.5 Å². The number of alkyl halides is 3. The Morgan fingerprint density at radius 3 is 2.16 bits per heavy atom. The Balaban J connectivity index is 2.19. The van der Waals surface area contributed by atoms with Crippen molar-refractivity contribution in [3.8, 4) is 0 Å². The number of hydrogen-bond acceptors (Lipinski definition) is 3. The van der Waals surface area contributed by atoms with Crippen LogP contribution in [0.25, 0.3) is 0 Å². The molecule has 9 heteroatoms. The summed E-state index contributed by atoms with van der Waals surface area (Å²) in [6.45, 7) is 1.67. The lowest BCUT2D eigenvalue weighted by molar-refractivity contribution is -0.137. The Kier molecular flexibility index (Phi) is 5.07. The fourth-order valence-corrected chi connectivity index (χ4v) is 2.64. The summed E-state index contributed by atoms with van der Waals surface area (Å²) in [7, 11) is -3.51. The van der Waals surface area contributed by atoms with Gasteiger partial charge in [-0.3, -0.25) is 9.52 Å². The number of benzene rings is 2. The number of sulfonamides is 1. The maximum absolute atomic E-state index is 12.5. The molecule has 0 atom stereocenters. The highest BCUT2D eigenvalue weighted by atomic mass is 32.2. The first-order valence-electron chi connectivity index (χ1n) is 7.03. The highest BCUT2D eigenvalue weighted by Gasteiger charge is 2.30. The van der Waals surface area contributed by atoms with Crippen LogP contribution >= 0.6 is 0 Å². The summed E-state index contributed by atoms with van der Waals surface area (Å²) in [5, 5.41) is 2.46. The van der Waals surface area contributed by atoms with Gasteiger partial charge in [0.05, 0.1) is 17.5 Å². The monoisotopic (exact) mass is 372 g/mol. The van der Waals surface area contributed by atoms with E-state index in [1.54, 1.807) is 13.0 Å². The second kappa shape index (κ2) is 6.75. The molecule has 0 aliphatic heterocycles. The van der Waals surface area contributed by atoms with E-state index >= 15 is 0 Å². The molecule has 134 valence electrons. The van der Waals surface area contributed by atoms with Gasteiger partial charge in [0, 0.05) is 11.3 Å². The summed E-state index contributed by atoms with van der Waals surface area (Å²) in [6.07, 6.45) is -3.47. The van der Waals surface area contributed by atoms with Crippen LogP contribution in [0.2, 0.25) is 0 Å². The average molecular weight is 372 g/mol. The molecule has 2 rings (SSSR count). The van der Waals surface area contributed by atoms with E-state index in [1.165, 1.54) is 12.1 Å². The second-order valence-electron chi connectivity index (χ2n) is 5.43. The number of aryl methyl sites for hydroxylation is 1. The van der Waals surface area contributed by atoms with Gasteiger partial charge in [0.25, 0.3) is 5.91 Å². The molecule has 5 nitrogen and oxygen atoms in total. The molecule has 0 aliphatic rings. The first kappa shape index (κ1) is 18.8. The molecule has 0 unspecified atom stereocenters. The van der Waals surface area contributed by atoms with Gasteiger partial charge in [0.1, 0.15) is 0 Å². The number of carbonyl (C=O) groups is 1. The van der Waals surface area contributed by atoms with E-state index in [9.17, 15) is 26.4 Å². The Morgan fingerprint density at radius 1 is 1.04 bits per heavy atom. The van der Waals surface area contributed by atoms with Gasteiger partial charge in [-0.2, -0.15) is 13.2 Å². The number of halogens is 3. The van der Waals surface area contributed by atoms with Crippen molar-refractivity contribution in [3.63, 3.8) is 0 Å². The minimum absolute atomic E-state index is 0.164. The molecule has 2 aromatic rings. The van der Waals surface area contributed by atoms with Gasteiger partial charge >= 0.3 is 6.18 Å². The first-order chi connectivity index (χ1) is 11.5. The zero-order chi connectivity index (χ0) is 18.8. The smallest absolute Gasteiger partial charge is 0.322 e. The topological polar surface area (TPSA) is 75.3 Å². The third kappa shape index (κ3) is 5.21. The van der Waals surface area contributed by atoms with Gasteiger partial charge in [-0.1, -0.05) is 6.07 Å². The zero-order valence-electron chi connectivity index (χ0n) is 13.3. The summed E-state index contributed by atoms with van der Waals surface area (Å²) >= 11 is 0. The third-order valence-electron chi connectivity index (χ3n) is 3.27. The Bertz CT molecular complexity index is 892. The highest BCUT2D eigenvalue weighted by Crippen LogP contribution is 2.30. The molecule has 0 saturated heterocycles. The van der Waals surface area contributed by atoms with Crippen molar-refractivity contribution < 1.29 is 26.4 Å². The quantitative estimate of drug-likeness (QED) is 0.860. The van der Waals surface area contributed by atoms with Crippen LogP contribution in [0, 0.1) is 6.92 Å². The van der Waals surface area contributed by atoms with Crippen LogP contribution in [0.3, 0.4) is 0 Å². The molecule has 0 aromatic heterocycles. The lowest BCUT2D eigenvalue weighted by Gasteiger charge is -2.11. The summed E-state index contributed by atoms with van der Waals surface area (Å²) in [5.41, 5.74) is 0.410. The molecule has 0 fully saturated rings. The maximum Gasteiger partial charge on any atom is 0.416 e. The molecule has 1 amide bonds. The molecule has 2 aromatic carbocycles. The van der Waals surface area contributed by atoms with Gasteiger partial charge in [-0.05, 0) is 48.9 Å². The van der Waals surface area contributed by atoms with Crippen LogP contribution in [-0.2, 0) is 16.2 Å². The number of amides is 1. The zero-order valence-corrected chi connectivity index (χ0v) is 14.1. The van der Waals surface area contributed by atoms with E-state index in [2.05, 4.69) is 10.0 Å². The van der Waals surface area contributed by atoms with Gasteiger partial charge in [0.15, 0.2) is 0 Å². The molecular weight excluding hydrogens is 357 g/mol. The molecule has 0 bridgehead atoms. The minimum Gasteiger partial charge on any atom is -0.322 e. The summed E-state index contributed by atoms with van der Waals surface area (Å²) in [6, 6.07) is 8.42. The summed E-state index contributed by atoms with van der Waals surface area (Å²) in [5.74, 6) is -0.573. The number of hydrogen-bond donors (Lipinski definition) is 2. The van der Waals surface area contributed by atoms with Gasteiger partial charge in [0.2, 0.25) is 10.0 Å². The van der Waals surface area contributed by atoms with Crippen molar-refractivity contribution in [2.24, 2.45) is 0 Å². The van der Waals surface area contributed by atoms with Gasteiger partial charge in [-0.25, -0.2) is 8.42 Å². The molecule has 0 aliphatic carbocycles. The number of nitrogens with one attached hydrogen (secondary N) is 2. The predicted molar refractivity (Wildman–Crippen MR) is 89.0 cm³/mol. The highest BCUT2D eigenvalue weighted by molar-refractivity contribution is 7.92. The maximum atomic E-state index is 12.5.